The lowest BCUT2D eigenvalue weighted by Gasteiger charge is -2.53. The number of alkyl halides is 3. The fraction of sp³-hybridized carbons (Fsp3) is 0.682. The van der Waals surface area contributed by atoms with Crippen LogP contribution in [0.5, 0.6) is 0 Å². The maximum atomic E-state index is 12.6. The predicted octanol–water partition coefficient (Wildman–Crippen LogP) is 4.27. The van der Waals surface area contributed by atoms with Crippen LogP contribution in [0.3, 0.4) is 0 Å². The predicted molar refractivity (Wildman–Crippen MR) is 108 cm³/mol. The summed E-state index contributed by atoms with van der Waals surface area (Å²) in [6.07, 6.45) is -2.99. The number of anilines is 1. The molecule has 1 spiro atoms. The van der Waals surface area contributed by atoms with Gasteiger partial charge in [0.05, 0.1) is 0 Å². The molecule has 3 aliphatic heterocycles. The summed E-state index contributed by atoms with van der Waals surface area (Å²) < 4.78 is 42.2. The van der Waals surface area contributed by atoms with E-state index in [-0.39, 0.29) is 5.41 Å². The van der Waals surface area contributed by atoms with E-state index in [1.54, 1.807) is 0 Å². The Bertz CT molecular complexity index is 731. The van der Waals surface area contributed by atoms with Crippen molar-refractivity contribution in [3.63, 3.8) is 0 Å². The number of ether oxygens (including phenoxy) is 1. The van der Waals surface area contributed by atoms with E-state index in [4.69, 9.17) is 0 Å². The van der Waals surface area contributed by atoms with E-state index in [2.05, 4.69) is 38.8 Å². The average molecular weight is 425 g/mol. The van der Waals surface area contributed by atoms with Crippen LogP contribution >= 0.6 is 0 Å². The van der Waals surface area contributed by atoms with Gasteiger partial charge in [-0.1, -0.05) is 12.1 Å². The van der Waals surface area contributed by atoms with Gasteiger partial charge in [-0.2, -0.15) is 13.2 Å². The number of piperidine rings is 1. The maximum absolute atomic E-state index is 12.6. The lowest BCUT2D eigenvalue weighted by atomic mass is 9.72. The van der Waals surface area contributed by atoms with Gasteiger partial charge < -0.3 is 14.5 Å². The van der Waals surface area contributed by atoms with Crippen molar-refractivity contribution in [2.45, 2.75) is 51.4 Å². The van der Waals surface area contributed by atoms with E-state index in [9.17, 15) is 18.0 Å². The van der Waals surface area contributed by atoms with Gasteiger partial charge in [-0.05, 0) is 63.4 Å². The molecule has 3 aliphatic rings. The highest BCUT2D eigenvalue weighted by molar-refractivity contribution is 5.69. The van der Waals surface area contributed by atoms with Crippen LogP contribution in [0, 0.1) is 5.41 Å². The SMILES string of the molecule is CC(OC(=O)N1CC2(CCN(Cc3ccc(N4CCCC4)cc3)CC2)C1)C(F)(F)F. The largest absolute Gasteiger partial charge is 0.437 e. The van der Waals surface area contributed by atoms with Crippen molar-refractivity contribution in [1.29, 1.82) is 0 Å². The average Bonchev–Trinajstić information content (AvgIpc) is 3.21. The van der Waals surface area contributed by atoms with Crippen molar-refractivity contribution in [2.24, 2.45) is 5.41 Å². The van der Waals surface area contributed by atoms with Crippen LogP contribution < -0.4 is 4.90 Å². The molecule has 8 heteroatoms. The summed E-state index contributed by atoms with van der Waals surface area (Å²) in [5.74, 6) is 0. The van der Waals surface area contributed by atoms with Crippen LogP contribution in [0.1, 0.15) is 38.2 Å². The van der Waals surface area contributed by atoms with Gasteiger partial charge in [0.1, 0.15) is 0 Å². The molecule has 0 aromatic heterocycles. The van der Waals surface area contributed by atoms with Crippen molar-refractivity contribution in [3.05, 3.63) is 29.8 Å². The molecule has 0 aliphatic carbocycles. The molecule has 0 saturated carbocycles. The summed E-state index contributed by atoms with van der Waals surface area (Å²) in [4.78, 5) is 18.2. The summed E-state index contributed by atoms with van der Waals surface area (Å²) >= 11 is 0. The van der Waals surface area contributed by atoms with Crippen molar-refractivity contribution >= 4 is 11.8 Å². The molecule has 5 nitrogen and oxygen atoms in total. The third-order valence-electron chi connectivity index (χ3n) is 6.78. The molecule has 4 rings (SSSR count). The monoisotopic (exact) mass is 425 g/mol. The third-order valence-corrected chi connectivity index (χ3v) is 6.78. The van der Waals surface area contributed by atoms with Crippen LogP contribution in [0.15, 0.2) is 24.3 Å². The molecular formula is C22H30F3N3O2. The quantitative estimate of drug-likeness (QED) is 0.722. The maximum Gasteiger partial charge on any atom is 0.425 e. The molecular weight excluding hydrogens is 395 g/mol. The molecule has 30 heavy (non-hydrogen) atoms. The van der Waals surface area contributed by atoms with Gasteiger partial charge in [0.2, 0.25) is 0 Å². The first kappa shape index (κ1) is 21.3. The summed E-state index contributed by atoms with van der Waals surface area (Å²) in [6, 6.07) is 8.84. The number of hydrogen-bond donors (Lipinski definition) is 0. The van der Waals surface area contributed by atoms with Crippen LogP contribution in [0.25, 0.3) is 0 Å². The lowest BCUT2D eigenvalue weighted by molar-refractivity contribution is -0.202. The normalized spacial score (nSPS) is 22.8. The second kappa shape index (κ2) is 8.29. The Morgan fingerprint density at radius 3 is 2.23 bits per heavy atom. The minimum Gasteiger partial charge on any atom is -0.437 e. The number of carbonyl (C=O) groups is 1. The Labute approximate surface area is 175 Å². The van der Waals surface area contributed by atoms with Gasteiger partial charge in [0.15, 0.2) is 6.10 Å². The van der Waals surface area contributed by atoms with Gasteiger partial charge in [0.25, 0.3) is 0 Å². The molecule has 1 atom stereocenters. The van der Waals surface area contributed by atoms with Crippen LogP contribution in [-0.4, -0.2) is 67.4 Å². The number of carbonyl (C=O) groups excluding carboxylic acids is 1. The highest BCUT2D eigenvalue weighted by Gasteiger charge is 2.48. The molecule has 1 aromatic rings. The molecule has 1 unspecified atom stereocenters. The number of benzene rings is 1. The van der Waals surface area contributed by atoms with Crippen molar-refractivity contribution in [1.82, 2.24) is 9.80 Å². The first-order valence-electron chi connectivity index (χ1n) is 10.8. The number of amides is 1. The molecule has 0 N–H and O–H groups in total. The second-order valence-corrected chi connectivity index (χ2v) is 9.06. The standard InChI is InChI=1S/C22H30F3N3O2/c1-17(22(23,24)25)30-20(29)28-15-21(16-28)8-12-26(13-9-21)14-18-4-6-19(7-5-18)27-10-2-3-11-27/h4-7,17H,2-3,8-16H2,1H3. The topological polar surface area (TPSA) is 36.0 Å². The van der Waals surface area contributed by atoms with Crippen molar-refractivity contribution in [2.75, 3.05) is 44.2 Å². The van der Waals surface area contributed by atoms with Crippen LogP contribution in [0.4, 0.5) is 23.7 Å². The summed E-state index contributed by atoms with van der Waals surface area (Å²) in [5, 5.41) is 0. The first-order valence-corrected chi connectivity index (χ1v) is 10.8. The van der Waals surface area contributed by atoms with Gasteiger partial charge in [-0.25, -0.2) is 4.79 Å². The summed E-state index contributed by atoms with van der Waals surface area (Å²) in [6.45, 7) is 6.93. The molecule has 3 saturated heterocycles. The third kappa shape index (κ3) is 4.68. The van der Waals surface area contributed by atoms with E-state index in [1.807, 2.05) is 0 Å². The minimum absolute atomic E-state index is 0.0383. The van der Waals surface area contributed by atoms with Crippen LogP contribution in [-0.2, 0) is 11.3 Å². The number of nitrogens with zero attached hydrogens (tertiary/aromatic N) is 3. The Morgan fingerprint density at radius 2 is 1.67 bits per heavy atom. The number of hydrogen-bond acceptors (Lipinski definition) is 4. The molecule has 3 heterocycles. The zero-order chi connectivity index (χ0) is 21.4. The van der Waals surface area contributed by atoms with E-state index in [0.29, 0.717) is 13.1 Å². The Kier molecular flexibility index (Phi) is 5.88. The van der Waals surface area contributed by atoms with Gasteiger partial charge in [-0.15, -0.1) is 0 Å². The fourth-order valence-corrected chi connectivity index (χ4v) is 4.73. The molecule has 3 fully saturated rings. The van der Waals surface area contributed by atoms with Crippen LogP contribution in [0.2, 0.25) is 0 Å². The zero-order valence-electron chi connectivity index (χ0n) is 17.5. The highest BCUT2D eigenvalue weighted by Crippen LogP contribution is 2.41. The molecule has 1 aromatic carbocycles. The molecule has 1 amide bonds. The minimum atomic E-state index is -4.52. The number of likely N-dealkylation sites (tertiary alicyclic amines) is 2. The fourth-order valence-electron chi connectivity index (χ4n) is 4.73. The summed E-state index contributed by atoms with van der Waals surface area (Å²) in [7, 11) is 0. The van der Waals surface area contributed by atoms with E-state index in [0.717, 1.165) is 52.5 Å². The lowest BCUT2D eigenvalue weighted by Crippen LogP contribution is -2.62. The second-order valence-electron chi connectivity index (χ2n) is 9.06. The Hall–Kier alpha value is -1.96. The van der Waals surface area contributed by atoms with Crippen molar-refractivity contribution < 1.29 is 22.7 Å². The molecule has 166 valence electrons. The van der Waals surface area contributed by atoms with E-state index in [1.165, 1.54) is 29.0 Å². The zero-order valence-corrected chi connectivity index (χ0v) is 17.5. The highest BCUT2D eigenvalue weighted by atomic mass is 19.4. The van der Waals surface area contributed by atoms with Gasteiger partial charge >= 0.3 is 12.3 Å². The Morgan fingerprint density at radius 1 is 1.07 bits per heavy atom. The Balaban J connectivity index is 1.21. The van der Waals surface area contributed by atoms with Gasteiger partial charge in [-0.3, -0.25) is 4.90 Å². The van der Waals surface area contributed by atoms with E-state index >= 15 is 0 Å². The molecule has 0 radical (unpaired) electrons. The number of halogens is 3. The summed E-state index contributed by atoms with van der Waals surface area (Å²) in [5.41, 5.74) is 2.64. The van der Waals surface area contributed by atoms with Crippen molar-refractivity contribution in [3.8, 4) is 0 Å². The molecule has 0 bridgehead atoms. The number of rotatable bonds is 4. The smallest absolute Gasteiger partial charge is 0.425 e. The first-order chi connectivity index (χ1) is 14.2. The van der Waals surface area contributed by atoms with E-state index < -0.39 is 18.4 Å². The van der Waals surface area contributed by atoms with Gasteiger partial charge in [0, 0.05) is 43.8 Å².